The fraction of sp³-hybridized carbons (Fsp3) is 0. The van der Waals surface area contributed by atoms with Crippen molar-refractivity contribution in [1.82, 2.24) is 29.5 Å². The first-order chi connectivity index (χ1) is 21.3. The average Bonchev–Trinajstić information content (AvgIpc) is 3.43. The first-order valence-electron chi connectivity index (χ1n) is 14.1. The number of benzene rings is 4. The van der Waals surface area contributed by atoms with Crippen molar-refractivity contribution in [2.75, 3.05) is 0 Å². The Hall–Kier alpha value is -6.01. The van der Waals surface area contributed by atoms with Crippen LogP contribution in [0.25, 0.3) is 72.8 Å². The zero-order valence-corrected chi connectivity index (χ0v) is 23.0. The van der Waals surface area contributed by atoms with E-state index in [1.807, 2.05) is 54.7 Å². The van der Waals surface area contributed by atoms with Gasteiger partial charge in [0.2, 0.25) is 0 Å². The van der Waals surface area contributed by atoms with Crippen LogP contribution in [0.2, 0.25) is 0 Å². The van der Waals surface area contributed by atoms with E-state index in [2.05, 4.69) is 82.3 Å². The lowest BCUT2D eigenvalue weighted by atomic mass is 10.0. The van der Waals surface area contributed by atoms with Crippen LogP contribution in [0, 0.1) is 0 Å². The number of nitrogens with zero attached hydrogens (tertiary/aromatic N) is 6. The van der Waals surface area contributed by atoms with E-state index >= 15 is 0 Å². The van der Waals surface area contributed by atoms with Crippen LogP contribution in [0.5, 0.6) is 0 Å². The summed E-state index contributed by atoms with van der Waals surface area (Å²) >= 11 is 0. The number of para-hydroxylation sites is 2. The van der Waals surface area contributed by atoms with Crippen molar-refractivity contribution < 1.29 is 0 Å². The van der Waals surface area contributed by atoms with Gasteiger partial charge in [0.1, 0.15) is 5.69 Å². The van der Waals surface area contributed by atoms with Gasteiger partial charge in [0.25, 0.3) is 0 Å². The molecular formula is C37H24N6. The van der Waals surface area contributed by atoms with Gasteiger partial charge >= 0.3 is 0 Å². The molecule has 0 aliphatic carbocycles. The molecule has 202 valence electrons. The highest BCUT2D eigenvalue weighted by atomic mass is 15.1. The topological polar surface area (TPSA) is 69.4 Å². The van der Waals surface area contributed by atoms with E-state index in [4.69, 9.17) is 19.9 Å². The molecule has 0 saturated carbocycles. The summed E-state index contributed by atoms with van der Waals surface area (Å²) in [6.45, 7) is 0. The normalized spacial score (nSPS) is 11.3. The van der Waals surface area contributed by atoms with Gasteiger partial charge < -0.3 is 0 Å². The lowest BCUT2D eigenvalue weighted by Gasteiger charge is -2.10. The first kappa shape index (κ1) is 24.8. The molecule has 4 aromatic carbocycles. The predicted molar refractivity (Wildman–Crippen MR) is 171 cm³/mol. The molecule has 8 aromatic rings. The van der Waals surface area contributed by atoms with Gasteiger partial charge in [0, 0.05) is 34.3 Å². The van der Waals surface area contributed by atoms with Gasteiger partial charge in [-0.25, -0.2) is 19.9 Å². The molecule has 0 N–H and O–H groups in total. The molecule has 0 saturated heterocycles. The second-order valence-corrected chi connectivity index (χ2v) is 10.3. The van der Waals surface area contributed by atoms with Crippen molar-refractivity contribution >= 4 is 21.8 Å². The molecule has 0 amide bonds. The lowest BCUT2D eigenvalue weighted by Crippen LogP contribution is -2.01. The molecule has 0 unspecified atom stereocenters. The van der Waals surface area contributed by atoms with E-state index in [1.54, 1.807) is 18.6 Å². The third kappa shape index (κ3) is 4.51. The van der Waals surface area contributed by atoms with E-state index in [-0.39, 0.29) is 0 Å². The summed E-state index contributed by atoms with van der Waals surface area (Å²) in [4.78, 5) is 23.8. The second-order valence-electron chi connectivity index (χ2n) is 10.3. The number of aromatic nitrogens is 6. The van der Waals surface area contributed by atoms with Crippen molar-refractivity contribution in [2.45, 2.75) is 0 Å². The smallest absolute Gasteiger partial charge is 0.160 e. The standard InChI is InChI=1S/C37H24N6/c1-2-8-28(9-3-1)37-41-31(27-16-14-25(15-17-27)26-18-20-38-21-19-26)22-32(42-37)33-23-40-36(24-39-33)43-34-12-6-4-10-29(34)30-11-5-7-13-35(30)43/h1-24H. The number of pyridine rings is 1. The summed E-state index contributed by atoms with van der Waals surface area (Å²) in [6, 6.07) is 41.2. The fourth-order valence-electron chi connectivity index (χ4n) is 5.56. The molecular weight excluding hydrogens is 528 g/mol. The van der Waals surface area contributed by atoms with Gasteiger partial charge in [-0.15, -0.1) is 0 Å². The first-order valence-corrected chi connectivity index (χ1v) is 14.1. The van der Waals surface area contributed by atoms with Crippen LogP contribution in [-0.2, 0) is 0 Å². The van der Waals surface area contributed by atoms with Gasteiger partial charge in [-0.3, -0.25) is 9.55 Å². The quantitative estimate of drug-likeness (QED) is 0.214. The van der Waals surface area contributed by atoms with Crippen LogP contribution in [0.3, 0.4) is 0 Å². The zero-order valence-electron chi connectivity index (χ0n) is 23.0. The third-order valence-corrected chi connectivity index (χ3v) is 7.66. The molecule has 0 bridgehead atoms. The number of hydrogen-bond donors (Lipinski definition) is 0. The highest BCUT2D eigenvalue weighted by molar-refractivity contribution is 6.09. The Kier molecular flexibility index (Phi) is 6.01. The van der Waals surface area contributed by atoms with Crippen LogP contribution >= 0.6 is 0 Å². The van der Waals surface area contributed by atoms with Crippen LogP contribution in [0.15, 0.2) is 146 Å². The molecule has 43 heavy (non-hydrogen) atoms. The van der Waals surface area contributed by atoms with Crippen LogP contribution < -0.4 is 0 Å². The molecule has 4 aromatic heterocycles. The van der Waals surface area contributed by atoms with E-state index in [9.17, 15) is 0 Å². The van der Waals surface area contributed by atoms with Gasteiger partial charge in [0.05, 0.1) is 34.8 Å². The molecule has 0 radical (unpaired) electrons. The van der Waals surface area contributed by atoms with E-state index < -0.39 is 0 Å². The monoisotopic (exact) mass is 552 g/mol. The van der Waals surface area contributed by atoms with E-state index in [1.165, 1.54) is 10.8 Å². The fourth-order valence-corrected chi connectivity index (χ4v) is 5.56. The zero-order chi connectivity index (χ0) is 28.6. The van der Waals surface area contributed by atoms with Gasteiger partial charge in [-0.2, -0.15) is 0 Å². The molecule has 0 aliphatic heterocycles. The minimum atomic E-state index is 0.639. The molecule has 6 heteroatoms. The summed E-state index contributed by atoms with van der Waals surface area (Å²) in [5, 5.41) is 2.37. The highest BCUT2D eigenvalue weighted by Crippen LogP contribution is 2.32. The van der Waals surface area contributed by atoms with Gasteiger partial charge in [-0.1, -0.05) is 91.0 Å². The summed E-state index contributed by atoms with van der Waals surface area (Å²) in [5.74, 6) is 1.39. The summed E-state index contributed by atoms with van der Waals surface area (Å²) < 4.78 is 2.16. The average molecular weight is 553 g/mol. The minimum absolute atomic E-state index is 0.639. The van der Waals surface area contributed by atoms with Crippen LogP contribution in [0.4, 0.5) is 0 Å². The Bertz CT molecular complexity index is 2150. The van der Waals surface area contributed by atoms with Crippen LogP contribution in [-0.4, -0.2) is 29.5 Å². The van der Waals surface area contributed by atoms with E-state index in [0.29, 0.717) is 17.2 Å². The molecule has 0 spiro atoms. The van der Waals surface area contributed by atoms with Crippen molar-refractivity contribution in [3.05, 3.63) is 146 Å². The maximum absolute atomic E-state index is 4.95. The molecule has 6 nitrogen and oxygen atoms in total. The lowest BCUT2D eigenvalue weighted by molar-refractivity contribution is 1.04. The van der Waals surface area contributed by atoms with Crippen molar-refractivity contribution in [3.63, 3.8) is 0 Å². The molecule has 0 fully saturated rings. The Morgan fingerprint density at radius 2 is 1.05 bits per heavy atom. The Morgan fingerprint density at radius 1 is 0.442 bits per heavy atom. The summed E-state index contributed by atoms with van der Waals surface area (Å²) in [5.41, 5.74) is 8.57. The number of fused-ring (bicyclic) bond motifs is 3. The Morgan fingerprint density at radius 3 is 1.72 bits per heavy atom. The largest absolute Gasteiger partial charge is 0.293 e. The van der Waals surface area contributed by atoms with Crippen LogP contribution in [0.1, 0.15) is 0 Å². The SMILES string of the molecule is c1ccc(-c2nc(-c3ccc(-c4ccncc4)cc3)cc(-c3cnc(-n4c5ccccc5c5ccccc54)cn3)n2)cc1. The van der Waals surface area contributed by atoms with Crippen molar-refractivity contribution in [1.29, 1.82) is 0 Å². The molecule has 0 aliphatic rings. The Balaban J connectivity index is 1.22. The van der Waals surface area contributed by atoms with Crippen molar-refractivity contribution in [2.24, 2.45) is 0 Å². The summed E-state index contributed by atoms with van der Waals surface area (Å²) in [6.07, 6.45) is 7.23. The Labute approximate surface area is 248 Å². The molecule has 0 atom stereocenters. The molecule has 4 heterocycles. The number of hydrogen-bond acceptors (Lipinski definition) is 5. The van der Waals surface area contributed by atoms with E-state index in [0.717, 1.165) is 44.8 Å². The highest BCUT2D eigenvalue weighted by Gasteiger charge is 2.15. The third-order valence-electron chi connectivity index (χ3n) is 7.66. The number of rotatable bonds is 5. The second kappa shape index (κ2) is 10.4. The van der Waals surface area contributed by atoms with Gasteiger partial charge in [0.15, 0.2) is 11.6 Å². The van der Waals surface area contributed by atoms with Gasteiger partial charge in [-0.05, 0) is 41.5 Å². The minimum Gasteiger partial charge on any atom is -0.293 e. The summed E-state index contributed by atoms with van der Waals surface area (Å²) in [7, 11) is 0. The predicted octanol–water partition coefficient (Wildman–Crippen LogP) is 8.43. The molecule has 8 rings (SSSR count). The maximum atomic E-state index is 4.95. The van der Waals surface area contributed by atoms with Crippen molar-refractivity contribution in [3.8, 4) is 51.0 Å². The maximum Gasteiger partial charge on any atom is 0.160 e.